The molecule has 0 atom stereocenters. The van der Waals surface area contributed by atoms with E-state index in [9.17, 15) is 10.1 Å². The molecule has 0 fully saturated rings. The van der Waals surface area contributed by atoms with Gasteiger partial charge in [-0.25, -0.2) is 4.98 Å². The molecule has 0 amide bonds. The highest BCUT2D eigenvalue weighted by Crippen LogP contribution is 2.41. The smallest absolute Gasteiger partial charge is 0.270 e. The summed E-state index contributed by atoms with van der Waals surface area (Å²) in [5.74, 6) is 0.421. The Balaban J connectivity index is 2.91. The SMILES string of the molecule is COc1c(Br)ccc(Cl)c1-c1nc(SC)[nH]c(=O)c1C#N. The fraction of sp³-hybridized carbons (Fsp3) is 0.154. The topological polar surface area (TPSA) is 78.8 Å². The second-order valence-corrected chi connectivity index (χ2v) is 5.90. The van der Waals surface area contributed by atoms with Crippen molar-refractivity contribution in [1.82, 2.24) is 9.97 Å². The van der Waals surface area contributed by atoms with Crippen LogP contribution < -0.4 is 10.3 Å². The Labute approximate surface area is 138 Å². The first kappa shape index (κ1) is 15.9. The van der Waals surface area contributed by atoms with E-state index in [-0.39, 0.29) is 11.3 Å². The highest BCUT2D eigenvalue weighted by molar-refractivity contribution is 9.10. The van der Waals surface area contributed by atoms with Crippen molar-refractivity contribution in [3.63, 3.8) is 0 Å². The van der Waals surface area contributed by atoms with Gasteiger partial charge in [0.1, 0.15) is 23.1 Å². The molecule has 2 aromatic rings. The van der Waals surface area contributed by atoms with Gasteiger partial charge in [-0.05, 0) is 34.3 Å². The van der Waals surface area contributed by atoms with Gasteiger partial charge in [0.15, 0.2) is 5.16 Å². The third-order valence-corrected chi connectivity index (χ3v) is 4.22. The van der Waals surface area contributed by atoms with E-state index in [0.29, 0.717) is 26.0 Å². The Morgan fingerprint density at radius 1 is 1.52 bits per heavy atom. The Morgan fingerprint density at radius 2 is 2.24 bits per heavy atom. The number of ether oxygens (including phenoxy) is 1. The van der Waals surface area contributed by atoms with E-state index in [4.69, 9.17) is 16.3 Å². The lowest BCUT2D eigenvalue weighted by atomic mass is 10.1. The predicted molar refractivity (Wildman–Crippen MR) is 86.1 cm³/mol. The fourth-order valence-corrected chi connectivity index (χ4v) is 2.90. The molecular weight excluding hydrogens is 378 g/mol. The number of hydrogen-bond acceptors (Lipinski definition) is 5. The minimum Gasteiger partial charge on any atom is -0.495 e. The highest BCUT2D eigenvalue weighted by Gasteiger charge is 2.21. The van der Waals surface area contributed by atoms with Gasteiger partial charge in [-0.1, -0.05) is 23.4 Å². The standard InChI is InChI=1S/C13H9BrClN3O2S/c1-20-11-7(14)3-4-8(15)9(11)10-6(5-16)12(19)18-13(17-10)21-2/h3-4H,1-2H3,(H,17,18,19). The molecule has 8 heteroatoms. The number of benzene rings is 1. The average molecular weight is 387 g/mol. The number of H-pyrrole nitrogens is 1. The molecule has 0 saturated carbocycles. The van der Waals surface area contributed by atoms with Gasteiger partial charge in [-0.15, -0.1) is 0 Å². The van der Waals surface area contributed by atoms with E-state index in [1.165, 1.54) is 18.9 Å². The summed E-state index contributed by atoms with van der Waals surface area (Å²) in [4.78, 5) is 18.8. The zero-order valence-electron chi connectivity index (χ0n) is 11.0. The van der Waals surface area contributed by atoms with Crippen molar-refractivity contribution in [2.24, 2.45) is 0 Å². The van der Waals surface area contributed by atoms with E-state index in [1.807, 2.05) is 6.07 Å². The maximum Gasteiger partial charge on any atom is 0.270 e. The Kier molecular flexibility index (Phi) is 4.93. The quantitative estimate of drug-likeness (QED) is 0.645. The normalized spacial score (nSPS) is 10.2. The number of hydrogen-bond donors (Lipinski definition) is 1. The van der Waals surface area contributed by atoms with Crippen molar-refractivity contribution in [2.75, 3.05) is 13.4 Å². The minimum absolute atomic E-state index is 0.105. The first-order valence-electron chi connectivity index (χ1n) is 5.64. The molecule has 5 nitrogen and oxygen atoms in total. The molecule has 0 aliphatic carbocycles. The van der Waals surface area contributed by atoms with Crippen LogP contribution in [0, 0.1) is 11.3 Å². The van der Waals surface area contributed by atoms with Crippen LogP contribution in [-0.4, -0.2) is 23.3 Å². The molecule has 2 rings (SSSR count). The number of thioether (sulfide) groups is 1. The third kappa shape index (κ3) is 2.93. The predicted octanol–water partition coefficient (Wildman–Crippen LogP) is 3.45. The largest absolute Gasteiger partial charge is 0.495 e. The summed E-state index contributed by atoms with van der Waals surface area (Å²) >= 11 is 10.8. The maximum absolute atomic E-state index is 12.0. The zero-order valence-corrected chi connectivity index (χ0v) is 14.2. The molecule has 0 spiro atoms. The number of aromatic amines is 1. The summed E-state index contributed by atoms with van der Waals surface area (Å²) in [5, 5.41) is 9.98. The molecule has 0 radical (unpaired) electrons. The van der Waals surface area contributed by atoms with Gasteiger partial charge in [0.25, 0.3) is 5.56 Å². The molecule has 0 bridgehead atoms. The van der Waals surface area contributed by atoms with E-state index in [0.717, 1.165) is 0 Å². The second-order valence-electron chi connectivity index (χ2n) is 3.85. The van der Waals surface area contributed by atoms with Crippen LogP contribution in [0.15, 0.2) is 26.6 Å². The summed E-state index contributed by atoms with van der Waals surface area (Å²) < 4.78 is 5.98. The summed E-state index contributed by atoms with van der Waals surface area (Å²) in [6.45, 7) is 0. The van der Waals surface area contributed by atoms with E-state index in [1.54, 1.807) is 18.4 Å². The van der Waals surface area contributed by atoms with E-state index >= 15 is 0 Å². The van der Waals surface area contributed by atoms with Crippen molar-refractivity contribution in [1.29, 1.82) is 5.26 Å². The summed E-state index contributed by atoms with van der Waals surface area (Å²) in [7, 11) is 1.48. The molecule has 1 N–H and O–H groups in total. The van der Waals surface area contributed by atoms with Crippen LogP contribution in [0.5, 0.6) is 5.75 Å². The first-order chi connectivity index (χ1) is 10.0. The molecular formula is C13H9BrClN3O2S. The zero-order chi connectivity index (χ0) is 15.6. The van der Waals surface area contributed by atoms with Crippen molar-refractivity contribution >= 4 is 39.3 Å². The molecule has 0 aliphatic rings. The molecule has 0 aliphatic heterocycles. The highest BCUT2D eigenvalue weighted by atomic mass is 79.9. The number of nitriles is 1. The summed E-state index contributed by atoms with van der Waals surface area (Å²) in [6.07, 6.45) is 1.77. The monoisotopic (exact) mass is 385 g/mol. The van der Waals surface area contributed by atoms with Gasteiger partial charge in [-0.2, -0.15) is 5.26 Å². The van der Waals surface area contributed by atoms with Crippen molar-refractivity contribution in [2.45, 2.75) is 5.16 Å². The van der Waals surface area contributed by atoms with Crippen molar-refractivity contribution < 1.29 is 4.74 Å². The third-order valence-electron chi connectivity index (χ3n) is 2.70. The molecule has 108 valence electrons. The van der Waals surface area contributed by atoms with Gasteiger partial charge in [0.05, 0.1) is 22.2 Å². The molecule has 21 heavy (non-hydrogen) atoms. The lowest BCUT2D eigenvalue weighted by molar-refractivity contribution is 0.413. The summed E-state index contributed by atoms with van der Waals surface area (Å²) in [6, 6.07) is 5.23. The Hall–Kier alpha value is -1.49. The first-order valence-corrected chi connectivity index (χ1v) is 8.03. The van der Waals surface area contributed by atoms with Crippen molar-refractivity contribution in [3.05, 3.63) is 37.5 Å². The number of aromatic nitrogens is 2. The number of rotatable bonds is 3. The van der Waals surface area contributed by atoms with Crippen LogP contribution in [-0.2, 0) is 0 Å². The minimum atomic E-state index is -0.509. The Bertz CT molecular complexity index is 801. The number of nitrogens with zero attached hydrogens (tertiary/aromatic N) is 2. The molecule has 1 aromatic heterocycles. The number of nitrogens with one attached hydrogen (secondary N) is 1. The van der Waals surface area contributed by atoms with Crippen LogP contribution in [0.3, 0.4) is 0 Å². The van der Waals surface area contributed by atoms with E-state index < -0.39 is 5.56 Å². The molecule has 1 aromatic carbocycles. The second kappa shape index (κ2) is 6.52. The maximum atomic E-state index is 12.0. The van der Waals surface area contributed by atoms with E-state index in [2.05, 4.69) is 25.9 Å². The van der Waals surface area contributed by atoms with Crippen molar-refractivity contribution in [3.8, 4) is 23.1 Å². The molecule has 0 unspecified atom stereocenters. The lowest BCUT2D eigenvalue weighted by Gasteiger charge is -2.13. The Morgan fingerprint density at radius 3 is 2.81 bits per heavy atom. The fourth-order valence-electron chi connectivity index (χ4n) is 1.79. The van der Waals surface area contributed by atoms with Crippen LogP contribution in [0.25, 0.3) is 11.3 Å². The molecule has 1 heterocycles. The van der Waals surface area contributed by atoms with Crippen LogP contribution in [0.2, 0.25) is 5.02 Å². The number of halogens is 2. The van der Waals surface area contributed by atoms with Crippen LogP contribution in [0.1, 0.15) is 5.56 Å². The van der Waals surface area contributed by atoms with Gasteiger partial charge in [-0.3, -0.25) is 4.79 Å². The van der Waals surface area contributed by atoms with Gasteiger partial charge in [0.2, 0.25) is 0 Å². The summed E-state index contributed by atoms with van der Waals surface area (Å²) in [5.41, 5.74) is -0.00344. The number of methoxy groups -OCH3 is 1. The lowest BCUT2D eigenvalue weighted by Crippen LogP contribution is -2.15. The van der Waals surface area contributed by atoms with Gasteiger partial charge < -0.3 is 9.72 Å². The molecule has 0 saturated heterocycles. The van der Waals surface area contributed by atoms with Crippen LogP contribution in [0.4, 0.5) is 0 Å². The van der Waals surface area contributed by atoms with Crippen LogP contribution >= 0.6 is 39.3 Å². The average Bonchev–Trinajstić information content (AvgIpc) is 2.48. The van der Waals surface area contributed by atoms with Gasteiger partial charge >= 0.3 is 0 Å². The van der Waals surface area contributed by atoms with Gasteiger partial charge in [0, 0.05) is 0 Å².